The molecule has 0 aliphatic carbocycles. The quantitative estimate of drug-likeness (QED) is 0.654. The van der Waals surface area contributed by atoms with Gasteiger partial charge in [-0.1, -0.05) is 29.8 Å². The van der Waals surface area contributed by atoms with Gasteiger partial charge in [0.2, 0.25) is 0 Å². The van der Waals surface area contributed by atoms with Crippen molar-refractivity contribution in [1.82, 2.24) is 5.32 Å². The Balaban J connectivity index is 1.64. The van der Waals surface area contributed by atoms with Crippen LogP contribution in [0.2, 0.25) is 0 Å². The first kappa shape index (κ1) is 20.1. The Bertz CT molecular complexity index is 1150. The summed E-state index contributed by atoms with van der Waals surface area (Å²) in [6.07, 6.45) is 0. The third-order valence-corrected chi connectivity index (χ3v) is 5.66. The third-order valence-electron chi connectivity index (χ3n) is 4.27. The number of carbonyl (C=O) groups excluding carboxylic acids is 1. The van der Waals surface area contributed by atoms with Crippen molar-refractivity contribution < 1.29 is 13.2 Å². The summed E-state index contributed by atoms with van der Waals surface area (Å²) in [5.74, 6) is -0.315. The molecule has 2 N–H and O–H groups in total. The lowest BCUT2D eigenvalue weighted by Crippen LogP contribution is -2.23. The minimum absolute atomic E-state index is 0.0710. The molecule has 0 aliphatic rings. The Labute approximate surface area is 169 Å². The Morgan fingerprint density at radius 1 is 0.931 bits per heavy atom. The van der Waals surface area contributed by atoms with E-state index in [4.69, 9.17) is 5.26 Å². The van der Waals surface area contributed by atoms with Gasteiger partial charge in [-0.2, -0.15) is 5.26 Å². The molecule has 0 heterocycles. The summed E-state index contributed by atoms with van der Waals surface area (Å²) < 4.78 is 27.5. The van der Waals surface area contributed by atoms with Gasteiger partial charge in [-0.3, -0.25) is 9.52 Å². The summed E-state index contributed by atoms with van der Waals surface area (Å²) in [6.45, 7) is 2.23. The van der Waals surface area contributed by atoms with Crippen LogP contribution in [0.25, 0.3) is 0 Å². The molecular weight excluding hydrogens is 386 g/mol. The minimum atomic E-state index is -3.74. The number of sulfonamides is 1. The highest BCUT2D eigenvalue weighted by Gasteiger charge is 2.15. The number of nitrogens with one attached hydrogen (secondary N) is 2. The summed E-state index contributed by atoms with van der Waals surface area (Å²) in [4.78, 5) is 12.4. The second kappa shape index (κ2) is 8.59. The van der Waals surface area contributed by atoms with E-state index >= 15 is 0 Å². The van der Waals surface area contributed by atoms with E-state index < -0.39 is 10.0 Å². The molecule has 0 atom stereocenters. The number of carbonyl (C=O) groups is 1. The van der Waals surface area contributed by atoms with Crippen molar-refractivity contribution in [3.63, 3.8) is 0 Å². The second-order valence-corrected chi connectivity index (χ2v) is 8.17. The van der Waals surface area contributed by atoms with Crippen molar-refractivity contribution in [1.29, 1.82) is 5.26 Å². The van der Waals surface area contributed by atoms with E-state index in [2.05, 4.69) is 10.0 Å². The molecule has 0 bridgehead atoms. The lowest BCUT2D eigenvalue weighted by molar-refractivity contribution is 0.0951. The average Bonchev–Trinajstić information content (AvgIpc) is 2.74. The van der Waals surface area contributed by atoms with Crippen molar-refractivity contribution in [3.8, 4) is 6.07 Å². The fraction of sp³-hybridized carbons (Fsp3) is 0.0909. The number of hydrogen-bond acceptors (Lipinski definition) is 4. The van der Waals surface area contributed by atoms with E-state index in [-0.39, 0.29) is 10.8 Å². The minimum Gasteiger partial charge on any atom is -0.348 e. The SMILES string of the molecule is Cc1ccc(NS(=O)(=O)c2ccc(C(=O)NCc3ccc(C#N)cc3)cc2)cc1. The number of nitrogens with zero attached hydrogens (tertiary/aromatic N) is 1. The molecule has 0 saturated heterocycles. The maximum Gasteiger partial charge on any atom is 0.261 e. The molecule has 29 heavy (non-hydrogen) atoms. The predicted octanol–water partition coefficient (Wildman–Crippen LogP) is 3.60. The summed E-state index contributed by atoms with van der Waals surface area (Å²) >= 11 is 0. The van der Waals surface area contributed by atoms with E-state index in [1.807, 2.05) is 25.1 Å². The monoisotopic (exact) mass is 405 g/mol. The molecule has 0 unspecified atom stereocenters. The summed E-state index contributed by atoms with van der Waals surface area (Å²) in [7, 11) is -3.74. The number of benzene rings is 3. The van der Waals surface area contributed by atoms with Crippen molar-refractivity contribution >= 4 is 21.6 Å². The first-order valence-electron chi connectivity index (χ1n) is 8.84. The fourth-order valence-corrected chi connectivity index (χ4v) is 3.66. The van der Waals surface area contributed by atoms with Crippen LogP contribution < -0.4 is 10.0 Å². The van der Waals surface area contributed by atoms with Gasteiger partial charge in [0.1, 0.15) is 0 Å². The molecule has 0 saturated carbocycles. The lowest BCUT2D eigenvalue weighted by atomic mass is 10.1. The van der Waals surface area contributed by atoms with Crippen LogP contribution in [0, 0.1) is 18.3 Å². The van der Waals surface area contributed by atoms with Crippen LogP contribution in [-0.4, -0.2) is 14.3 Å². The largest absolute Gasteiger partial charge is 0.348 e. The first-order valence-corrected chi connectivity index (χ1v) is 10.3. The molecule has 3 aromatic rings. The number of rotatable bonds is 6. The molecular formula is C22H19N3O3S. The van der Waals surface area contributed by atoms with Gasteiger partial charge in [-0.25, -0.2) is 8.42 Å². The van der Waals surface area contributed by atoms with E-state index in [0.717, 1.165) is 11.1 Å². The van der Waals surface area contributed by atoms with Gasteiger partial charge in [0.15, 0.2) is 0 Å². The van der Waals surface area contributed by atoms with Crippen LogP contribution in [0.5, 0.6) is 0 Å². The van der Waals surface area contributed by atoms with Crippen LogP contribution in [0.1, 0.15) is 27.0 Å². The molecule has 7 heteroatoms. The van der Waals surface area contributed by atoms with Crippen LogP contribution >= 0.6 is 0 Å². The highest BCUT2D eigenvalue weighted by Crippen LogP contribution is 2.17. The van der Waals surface area contributed by atoms with Gasteiger partial charge in [-0.05, 0) is 61.0 Å². The zero-order chi connectivity index (χ0) is 20.9. The second-order valence-electron chi connectivity index (χ2n) is 6.49. The molecule has 0 aliphatic heterocycles. The molecule has 3 aromatic carbocycles. The molecule has 6 nitrogen and oxygen atoms in total. The standard InChI is InChI=1S/C22H19N3O3S/c1-16-2-10-20(11-3-16)25-29(27,28)21-12-8-19(9-13-21)22(26)24-15-18-6-4-17(14-23)5-7-18/h2-13,25H,15H2,1H3,(H,24,26). The summed E-state index contributed by atoms with van der Waals surface area (Å²) in [5, 5.41) is 11.6. The van der Waals surface area contributed by atoms with Crippen LogP contribution in [0.4, 0.5) is 5.69 Å². The topological polar surface area (TPSA) is 99.1 Å². The van der Waals surface area contributed by atoms with E-state index in [1.54, 1.807) is 36.4 Å². The number of anilines is 1. The van der Waals surface area contributed by atoms with Crippen molar-refractivity contribution in [3.05, 3.63) is 95.1 Å². The van der Waals surface area contributed by atoms with Crippen LogP contribution in [0.3, 0.4) is 0 Å². The molecule has 146 valence electrons. The van der Waals surface area contributed by atoms with Crippen LogP contribution in [0.15, 0.2) is 77.7 Å². The molecule has 0 spiro atoms. The van der Waals surface area contributed by atoms with Gasteiger partial charge in [0.05, 0.1) is 16.5 Å². The van der Waals surface area contributed by atoms with Gasteiger partial charge in [0, 0.05) is 17.8 Å². The maximum absolute atomic E-state index is 12.5. The summed E-state index contributed by atoms with van der Waals surface area (Å²) in [5.41, 5.74) is 3.27. The van der Waals surface area contributed by atoms with Gasteiger partial charge < -0.3 is 5.32 Å². The van der Waals surface area contributed by atoms with Crippen LogP contribution in [-0.2, 0) is 16.6 Å². The highest BCUT2D eigenvalue weighted by atomic mass is 32.2. The maximum atomic E-state index is 12.5. The predicted molar refractivity (Wildman–Crippen MR) is 111 cm³/mol. The van der Waals surface area contributed by atoms with E-state index in [1.165, 1.54) is 24.3 Å². The Hall–Kier alpha value is -3.63. The lowest BCUT2D eigenvalue weighted by Gasteiger charge is -2.09. The Morgan fingerprint density at radius 3 is 2.14 bits per heavy atom. The number of amides is 1. The Morgan fingerprint density at radius 2 is 1.55 bits per heavy atom. The molecule has 0 radical (unpaired) electrons. The van der Waals surface area contributed by atoms with Crippen molar-refractivity contribution in [2.75, 3.05) is 4.72 Å². The van der Waals surface area contributed by atoms with Gasteiger partial charge >= 0.3 is 0 Å². The molecule has 3 rings (SSSR count). The Kier molecular flexibility index (Phi) is 5.96. The number of nitriles is 1. The number of aryl methyl sites for hydroxylation is 1. The average molecular weight is 405 g/mol. The van der Waals surface area contributed by atoms with Gasteiger partial charge in [0.25, 0.3) is 15.9 Å². The zero-order valence-corrected chi connectivity index (χ0v) is 16.5. The smallest absolute Gasteiger partial charge is 0.261 e. The first-order chi connectivity index (χ1) is 13.9. The van der Waals surface area contributed by atoms with Crippen molar-refractivity contribution in [2.45, 2.75) is 18.4 Å². The van der Waals surface area contributed by atoms with Crippen molar-refractivity contribution in [2.24, 2.45) is 0 Å². The van der Waals surface area contributed by atoms with E-state index in [9.17, 15) is 13.2 Å². The molecule has 0 fully saturated rings. The summed E-state index contributed by atoms with van der Waals surface area (Å²) in [6, 6.07) is 21.7. The highest BCUT2D eigenvalue weighted by molar-refractivity contribution is 7.92. The van der Waals surface area contributed by atoms with E-state index in [0.29, 0.717) is 23.4 Å². The zero-order valence-electron chi connectivity index (χ0n) is 15.7. The number of hydrogen-bond donors (Lipinski definition) is 2. The third kappa shape index (κ3) is 5.21. The fourth-order valence-electron chi connectivity index (χ4n) is 2.60. The normalized spacial score (nSPS) is 10.8. The molecule has 1 amide bonds. The molecule has 0 aromatic heterocycles. The van der Waals surface area contributed by atoms with Gasteiger partial charge in [-0.15, -0.1) is 0 Å².